The van der Waals surface area contributed by atoms with E-state index < -0.39 is 0 Å². The quantitative estimate of drug-likeness (QED) is 0.524. The average Bonchev–Trinajstić information content (AvgIpc) is 3.29. The van der Waals surface area contributed by atoms with E-state index in [9.17, 15) is 0 Å². The second-order valence-electron chi connectivity index (χ2n) is 6.29. The molecule has 5 nitrogen and oxygen atoms in total. The Kier molecular flexibility index (Phi) is 3.98. The van der Waals surface area contributed by atoms with Crippen molar-refractivity contribution < 1.29 is 9.26 Å². The van der Waals surface area contributed by atoms with Gasteiger partial charge in [0.2, 0.25) is 0 Å². The van der Waals surface area contributed by atoms with Crippen LogP contribution in [0, 0.1) is 0 Å². The Labute approximate surface area is 145 Å². The third-order valence-corrected chi connectivity index (χ3v) is 4.11. The summed E-state index contributed by atoms with van der Waals surface area (Å²) in [6.07, 6.45) is 3.64. The number of hydrogen-bond donors (Lipinski definition) is 0. The monoisotopic (exact) mass is 333 g/mol. The van der Waals surface area contributed by atoms with Crippen molar-refractivity contribution in [1.29, 1.82) is 0 Å². The summed E-state index contributed by atoms with van der Waals surface area (Å²) in [5, 5.41) is 9.69. The number of aromatic nitrogens is 3. The number of benzene rings is 2. The highest BCUT2D eigenvalue weighted by Crippen LogP contribution is 2.22. The van der Waals surface area contributed by atoms with Gasteiger partial charge in [0.05, 0.1) is 5.52 Å². The summed E-state index contributed by atoms with van der Waals surface area (Å²) in [6.45, 7) is 4.75. The Morgan fingerprint density at radius 3 is 2.64 bits per heavy atom. The second-order valence-corrected chi connectivity index (χ2v) is 6.29. The van der Waals surface area contributed by atoms with Crippen molar-refractivity contribution in [3.05, 3.63) is 66.6 Å². The summed E-state index contributed by atoms with van der Waals surface area (Å²) in [7, 11) is 0. The third kappa shape index (κ3) is 3.26. The number of hydrogen-bond acceptors (Lipinski definition) is 4. The van der Waals surface area contributed by atoms with E-state index in [4.69, 9.17) is 9.26 Å². The van der Waals surface area contributed by atoms with E-state index in [1.54, 1.807) is 6.26 Å². The van der Waals surface area contributed by atoms with E-state index in [-0.39, 0.29) is 0 Å². The zero-order chi connectivity index (χ0) is 17.2. The molecule has 4 aromatic rings. The zero-order valence-electron chi connectivity index (χ0n) is 14.2. The predicted molar refractivity (Wildman–Crippen MR) is 96.4 cm³/mol. The van der Waals surface area contributed by atoms with E-state index in [0.29, 0.717) is 12.6 Å². The lowest BCUT2D eigenvalue weighted by Gasteiger charge is -2.07. The van der Waals surface area contributed by atoms with Crippen LogP contribution in [0.5, 0.6) is 5.75 Å². The SMILES string of the molecule is CC(C)n1cc2ccc(COc3ccc(-c4ccon4)cc3)cc2n1. The van der Waals surface area contributed by atoms with E-state index in [1.165, 1.54) is 0 Å². The number of ether oxygens (including phenoxy) is 1. The van der Waals surface area contributed by atoms with Crippen molar-refractivity contribution in [2.45, 2.75) is 26.5 Å². The van der Waals surface area contributed by atoms with Crippen LogP contribution in [0.2, 0.25) is 0 Å². The van der Waals surface area contributed by atoms with Gasteiger partial charge in [-0.1, -0.05) is 17.3 Å². The maximum absolute atomic E-state index is 5.89. The Morgan fingerprint density at radius 1 is 1.08 bits per heavy atom. The van der Waals surface area contributed by atoms with E-state index in [2.05, 4.69) is 48.5 Å². The van der Waals surface area contributed by atoms with Crippen molar-refractivity contribution in [1.82, 2.24) is 14.9 Å². The third-order valence-electron chi connectivity index (χ3n) is 4.11. The number of nitrogens with zero attached hydrogens (tertiary/aromatic N) is 3. The Bertz CT molecular complexity index is 970. The fourth-order valence-corrected chi connectivity index (χ4v) is 2.69. The van der Waals surface area contributed by atoms with Crippen molar-refractivity contribution in [2.75, 3.05) is 0 Å². The average molecular weight is 333 g/mol. The van der Waals surface area contributed by atoms with Gasteiger partial charge in [0.25, 0.3) is 0 Å². The summed E-state index contributed by atoms with van der Waals surface area (Å²) in [6, 6.07) is 16.3. The molecular weight excluding hydrogens is 314 g/mol. The largest absolute Gasteiger partial charge is 0.489 e. The molecule has 4 rings (SSSR count). The van der Waals surface area contributed by atoms with Gasteiger partial charge in [-0.15, -0.1) is 0 Å². The first-order valence-electron chi connectivity index (χ1n) is 8.30. The molecule has 2 aromatic heterocycles. The molecule has 2 heterocycles. The first-order chi connectivity index (χ1) is 12.2. The molecule has 0 bridgehead atoms. The number of fused-ring (bicyclic) bond motifs is 1. The topological polar surface area (TPSA) is 53.1 Å². The van der Waals surface area contributed by atoms with Gasteiger partial charge >= 0.3 is 0 Å². The van der Waals surface area contributed by atoms with Crippen LogP contribution >= 0.6 is 0 Å². The minimum absolute atomic E-state index is 0.357. The van der Waals surface area contributed by atoms with Gasteiger partial charge in [-0.3, -0.25) is 4.68 Å². The molecule has 2 aromatic carbocycles. The zero-order valence-corrected chi connectivity index (χ0v) is 14.2. The van der Waals surface area contributed by atoms with E-state index >= 15 is 0 Å². The van der Waals surface area contributed by atoms with Crippen LogP contribution in [-0.4, -0.2) is 14.9 Å². The summed E-state index contributed by atoms with van der Waals surface area (Å²) in [5.41, 5.74) is 3.91. The lowest BCUT2D eigenvalue weighted by atomic mass is 10.1. The van der Waals surface area contributed by atoms with Crippen molar-refractivity contribution in [2.24, 2.45) is 0 Å². The van der Waals surface area contributed by atoms with E-state index in [1.807, 2.05) is 35.0 Å². The molecule has 0 aliphatic heterocycles. The fraction of sp³-hybridized carbons (Fsp3) is 0.200. The first kappa shape index (κ1) is 15.4. The maximum atomic E-state index is 5.89. The minimum Gasteiger partial charge on any atom is -0.489 e. The van der Waals surface area contributed by atoms with Gasteiger partial charge < -0.3 is 9.26 Å². The van der Waals surface area contributed by atoms with Crippen LogP contribution in [0.1, 0.15) is 25.5 Å². The standard InChI is InChI=1S/C20H19N3O2/c1-14(2)23-12-17-4-3-15(11-20(17)21-23)13-24-18-7-5-16(6-8-18)19-9-10-25-22-19/h3-12,14H,13H2,1-2H3. The Morgan fingerprint density at radius 2 is 1.92 bits per heavy atom. The molecule has 0 aliphatic rings. The Balaban J connectivity index is 1.46. The van der Waals surface area contributed by atoms with Crippen LogP contribution in [0.15, 0.2) is 65.5 Å². The Hall–Kier alpha value is -3.08. The summed E-state index contributed by atoms with van der Waals surface area (Å²) < 4.78 is 12.7. The predicted octanol–water partition coefficient (Wildman–Crippen LogP) is 4.85. The molecular formula is C20H19N3O2. The maximum Gasteiger partial charge on any atom is 0.124 e. The molecule has 0 aliphatic carbocycles. The van der Waals surface area contributed by atoms with Gasteiger partial charge in [0.1, 0.15) is 24.3 Å². The van der Waals surface area contributed by atoms with Crippen LogP contribution < -0.4 is 4.74 Å². The highest BCUT2D eigenvalue weighted by molar-refractivity contribution is 5.78. The minimum atomic E-state index is 0.357. The lowest BCUT2D eigenvalue weighted by molar-refractivity contribution is 0.306. The van der Waals surface area contributed by atoms with Crippen LogP contribution in [-0.2, 0) is 6.61 Å². The summed E-state index contributed by atoms with van der Waals surface area (Å²) in [4.78, 5) is 0. The molecule has 0 atom stereocenters. The molecule has 0 N–H and O–H groups in total. The molecule has 0 saturated carbocycles. The smallest absolute Gasteiger partial charge is 0.124 e. The van der Waals surface area contributed by atoms with Crippen molar-refractivity contribution in [3.8, 4) is 17.0 Å². The molecule has 0 saturated heterocycles. The van der Waals surface area contributed by atoms with Crippen LogP contribution in [0.25, 0.3) is 22.2 Å². The molecule has 0 radical (unpaired) electrons. The molecule has 0 fully saturated rings. The van der Waals surface area contributed by atoms with E-state index in [0.717, 1.165) is 33.5 Å². The van der Waals surface area contributed by atoms with Gasteiger partial charge in [-0.05, 0) is 49.7 Å². The molecule has 126 valence electrons. The molecule has 0 amide bonds. The highest BCUT2D eigenvalue weighted by Gasteiger charge is 2.06. The van der Waals surface area contributed by atoms with Crippen molar-refractivity contribution >= 4 is 10.9 Å². The van der Waals surface area contributed by atoms with Gasteiger partial charge in [0.15, 0.2) is 0 Å². The molecule has 0 unspecified atom stereocenters. The fourth-order valence-electron chi connectivity index (χ4n) is 2.69. The number of rotatable bonds is 5. The molecule has 0 spiro atoms. The highest BCUT2D eigenvalue weighted by atomic mass is 16.5. The summed E-state index contributed by atoms with van der Waals surface area (Å²) >= 11 is 0. The molecule has 25 heavy (non-hydrogen) atoms. The molecule has 5 heteroatoms. The second kappa shape index (κ2) is 6.43. The lowest BCUT2D eigenvalue weighted by Crippen LogP contribution is -2.00. The van der Waals surface area contributed by atoms with Gasteiger partial charge in [-0.2, -0.15) is 5.10 Å². The van der Waals surface area contributed by atoms with Crippen molar-refractivity contribution in [3.63, 3.8) is 0 Å². The first-order valence-corrected chi connectivity index (χ1v) is 8.30. The summed E-state index contributed by atoms with van der Waals surface area (Å²) in [5.74, 6) is 0.819. The van der Waals surface area contributed by atoms with Gasteiger partial charge in [-0.25, -0.2) is 0 Å². The normalized spacial score (nSPS) is 11.3. The van der Waals surface area contributed by atoms with Crippen LogP contribution in [0.3, 0.4) is 0 Å². The van der Waals surface area contributed by atoms with Crippen LogP contribution in [0.4, 0.5) is 0 Å². The van der Waals surface area contributed by atoms with Gasteiger partial charge in [0, 0.05) is 29.3 Å².